The van der Waals surface area contributed by atoms with Crippen LogP contribution in [0.3, 0.4) is 0 Å². The molecule has 4 heteroatoms. The molecule has 0 aliphatic carbocycles. The van der Waals surface area contributed by atoms with Crippen LogP contribution in [0.4, 0.5) is 10.1 Å². The van der Waals surface area contributed by atoms with Crippen molar-refractivity contribution in [3.05, 3.63) is 24.3 Å². The first-order valence-electron chi connectivity index (χ1n) is 3.94. The van der Waals surface area contributed by atoms with Gasteiger partial charge in [0.1, 0.15) is 25.1 Å². The number of rotatable bonds is 4. The van der Waals surface area contributed by atoms with Gasteiger partial charge < -0.3 is 15.6 Å². The highest BCUT2D eigenvalue weighted by Gasteiger charge is 2.03. The Morgan fingerprint density at radius 1 is 1.38 bits per heavy atom. The van der Waals surface area contributed by atoms with Crippen molar-refractivity contribution in [1.82, 2.24) is 0 Å². The van der Waals surface area contributed by atoms with Gasteiger partial charge in [-0.25, -0.2) is 4.39 Å². The molecule has 0 heterocycles. The van der Waals surface area contributed by atoms with Crippen LogP contribution in [0.1, 0.15) is 0 Å². The molecule has 13 heavy (non-hydrogen) atoms. The highest BCUT2D eigenvalue weighted by molar-refractivity contribution is 5.41. The highest BCUT2D eigenvalue weighted by Crippen LogP contribution is 2.13. The molecule has 0 aliphatic rings. The molecule has 0 amide bonds. The summed E-state index contributed by atoms with van der Waals surface area (Å²) in [5.74, 6) is 0.571. The van der Waals surface area contributed by atoms with Gasteiger partial charge in [0.15, 0.2) is 0 Å². The molecular weight excluding hydrogens is 173 g/mol. The molecule has 0 radical (unpaired) electrons. The van der Waals surface area contributed by atoms with Crippen LogP contribution < -0.4 is 10.5 Å². The maximum absolute atomic E-state index is 11.8. The van der Waals surface area contributed by atoms with Crippen molar-refractivity contribution in [2.45, 2.75) is 6.10 Å². The first-order chi connectivity index (χ1) is 6.22. The smallest absolute Gasteiger partial charge is 0.119 e. The Balaban J connectivity index is 2.41. The number of benzene rings is 1. The average Bonchev–Trinajstić information content (AvgIpc) is 2.16. The number of aliphatic hydroxyl groups excluding tert-OH is 1. The van der Waals surface area contributed by atoms with Gasteiger partial charge >= 0.3 is 0 Å². The third kappa shape index (κ3) is 3.29. The zero-order valence-corrected chi connectivity index (χ0v) is 7.11. The van der Waals surface area contributed by atoms with Crippen molar-refractivity contribution in [2.75, 3.05) is 19.0 Å². The van der Waals surface area contributed by atoms with E-state index in [0.717, 1.165) is 0 Å². The second-order valence-electron chi connectivity index (χ2n) is 2.69. The zero-order valence-electron chi connectivity index (χ0n) is 7.11. The molecule has 72 valence electrons. The molecule has 3 N–H and O–H groups in total. The molecule has 1 rings (SSSR count). The van der Waals surface area contributed by atoms with Crippen LogP contribution in [-0.4, -0.2) is 24.5 Å². The monoisotopic (exact) mass is 185 g/mol. The summed E-state index contributed by atoms with van der Waals surface area (Å²) in [5.41, 5.74) is 6.08. The van der Waals surface area contributed by atoms with Gasteiger partial charge in [0, 0.05) is 5.69 Å². The van der Waals surface area contributed by atoms with Crippen LogP contribution in [0, 0.1) is 0 Å². The number of halogens is 1. The maximum Gasteiger partial charge on any atom is 0.119 e. The van der Waals surface area contributed by atoms with E-state index < -0.39 is 12.8 Å². The largest absolute Gasteiger partial charge is 0.491 e. The molecular formula is C9H12FNO2. The minimum Gasteiger partial charge on any atom is -0.491 e. The Morgan fingerprint density at radius 3 is 2.54 bits per heavy atom. The summed E-state index contributed by atoms with van der Waals surface area (Å²) >= 11 is 0. The molecule has 0 spiro atoms. The lowest BCUT2D eigenvalue weighted by molar-refractivity contribution is 0.0842. The number of alkyl halides is 1. The summed E-state index contributed by atoms with van der Waals surface area (Å²) in [6, 6.07) is 6.69. The number of nitrogens with two attached hydrogens (primary N) is 1. The van der Waals surface area contributed by atoms with Crippen LogP contribution in [0.15, 0.2) is 24.3 Å². The van der Waals surface area contributed by atoms with Gasteiger partial charge in [0.2, 0.25) is 0 Å². The average molecular weight is 185 g/mol. The van der Waals surface area contributed by atoms with E-state index in [0.29, 0.717) is 11.4 Å². The lowest BCUT2D eigenvalue weighted by Gasteiger charge is -2.08. The molecule has 0 saturated heterocycles. The van der Waals surface area contributed by atoms with Crippen LogP contribution in [0.2, 0.25) is 0 Å². The first kappa shape index (κ1) is 9.80. The second-order valence-corrected chi connectivity index (χ2v) is 2.69. The van der Waals surface area contributed by atoms with E-state index in [2.05, 4.69) is 0 Å². The molecule has 0 aliphatic heterocycles. The van der Waals surface area contributed by atoms with Crippen LogP contribution in [0.5, 0.6) is 5.75 Å². The van der Waals surface area contributed by atoms with Gasteiger partial charge in [-0.15, -0.1) is 0 Å². The summed E-state index contributed by atoms with van der Waals surface area (Å²) < 4.78 is 16.9. The summed E-state index contributed by atoms with van der Waals surface area (Å²) in [6.07, 6.45) is -1.06. The molecule has 0 fully saturated rings. The molecule has 1 aromatic rings. The number of nitrogen functional groups attached to an aromatic ring is 1. The minimum absolute atomic E-state index is 0.0413. The quantitative estimate of drug-likeness (QED) is 0.687. The predicted molar refractivity (Wildman–Crippen MR) is 48.3 cm³/mol. The van der Waals surface area contributed by atoms with E-state index in [1.807, 2.05) is 0 Å². The van der Waals surface area contributed by atoms with Gasteiger partial charge in [-0.05, 0) is 24.3 Å². The maximum atomic E-state index is 11.8. The normalized spacial score (nSPS) is 12.5. The molecule has 1 atom stereocenters. The van der Waals surface area contributed by atoms with Crippen LogP contribution >= 0.6 is 0 Å². The van der Waals surface area contributed by atoms with Gasteiger partial charge in [-0.1, -0.05) is 0 Å². The summed E-state index contributed by atoms with van der Waals surface area (Å²) in [7, 11) is 0. The molecule has 0 aromatic heterocycles. The van der Waals surface area contributed by atoms with Gasteiger partial charge in [0.05, 0.1) is 0 Å². The minimum atomic E-state index is -1.06. The second kappa shape index (κ2) is 4.67. The standard InChI is InChI=1S/C9H12FNO2/c10-5-8(12)6-13-9-3-1-7(11)2-4-9/h1-4,8,12H,5-6,11H2. The topological polar surface area (TPSA) is 55.5 Å². The Bertz CT molecular complexity index is 250. The Kier molecular flexibility index (Phi) is 3.52. The Morgan fingerprint density at radius 2 is 2.00 bits per heavy atom. The lowest BCUT2D eigenvalue weighted by atomic mass is 10.3. The summed E-state index contributed by atoms with van der Waals surface area (Å²) in [4.78, 5) is 0. The fraction of sp³-hybridized carbons (Fsp3) is 0.333. The fourth-order valence-corrected chi connectivity index (χ4v) is 0.801. The number of hydrogen-bond acceptors (Lipinski definition) is 3. The van der Waals surface area contributed by atoms with Crippen LogP contribution in [-0.2, 0) is 0 Å². The van der Waals surface area contributed by atoms with Crippen molar-refractivity contribution in [1.29, 1.82) is 0 Å². The Labute approximate surface area is 75.9 Å². The summed E-state index contributed by atoms with van der Waals surface area (Å²) in [6.45, 7) is -0.838. The van der Waals surface area contributed by atoms with Gasteiger partial charge in [-0.2, -0.15) is 0 Å². The van der Waals surface area contributed by atoms with Crippen LogP contribution in [0.25, 0.3) is 0 Å². The van der Waals surface area contributed by atoms with E-state index in [1.54, 1.807) is 24.3 Å². The Hall–Kier alpha value is -1.29. The summed E-state index contributed by atoms with van der Waals surface area (Å²) in [5, 5.41) is 8.85. The molecule has 0 saturated carbocycles. The van der Waals surface area contributed by atoms with E-state index in [-0.39, 0.29) is 6.61 Å². The van der Waals surface area contributed by atoms with Crippen molar-refractivity contribution < 1.29 is 14.2 Å². The molecule has 1 unspecified atom stereocenters. The highest BCUT2D eigenvalue weighted by atomic mass is 19.1. The van der Waals surface area contributed by atoms with Crippen molar-refractivity contribution in [3.63, 3.8) is 0 Å². The van der Waals surface area contributed by atoms with Gasteiger partial charge in [-0.3, -0.25) is 0 Å². The number of ether oxygens (including phenoxy) is 1. The van der Waals surface area contributed by atoms with Crippen molar-refractivity contribution in [2.24, 2.45) is 0 Å². The predicted octanol–water partition coefficient (Wildman–Crippen LogP) is 0.978. The van der Waals surface area contributed by atoms with E-state index in [4.69, 9.17) is 15.6 Å². The van der Waals surface area contributed by atoms with Crippen molar-refractivity contribution in [3.8, 4) is 5.75 Å². The fourth-order valence-electron chi connectivity index (χ4n) is 0.801. The number of aliphatic hydroxyl groups is 1. The lowest BCUT2D eigenvalue weighted by Crippen LogP contribution is -2.19. The molecule has 0 bridgehead atoms. The van der Waals surface area contributed by atoms with E-state index >= 15 is 0 Å². The van der Waals surface area contributed by atoms with Crippen molar-refractivity contribution >= 4 is 5.69 Å². The number of hydrogen-bond donors (Lipinski definition) is 2. The van der Waals surface area contributed by atoms with E-state index in [1.165, 1.54) is 0 Å². The third-order valence-corrected chi connectivity index (χ3v) is 1.50. The number of anilines is 1. The molecule has 1 aromatic carbocycles. The first-order valence-corrected chi connectivity index (χ1v) is 3.94. The SMILES string of the molecule is Nc1ccc(OCC(O)CF)cc1. The third-order valence-electron chi connectivity index (χ3n) is 1.50. The van der Waals surface area contributed by atoms with E-state index in [9.17, 15) is 4.39 Å². The molecule has 3 nitrogen and oxygen atoms in total. The zero-order chi connectivity index (χ0) is 9.68. The van der Waals surface area contributed by atoms with Gasteiger partial charge in [0.25, 0.3) is 0 Å².